The van der Waals surface area contributed by atoms with Gasteiger partial charge in [0, 0.05) is 5.56 Å². The number of methoxy groups -OCH3 is 4. The number of amides is 1. The molecule has 35 heavy (non-hydrogen) atoms. The van der Waals surface area contributed by atoms with E-state index in [9.17, 15) is 9.59 Å². The lowest BCUT2D eigenvalue weighted by molar-refractivity contribution is -0.119. The highest BCUT2D eigenvalue weighted by atomic mass is 35.5. The van der Waals surface area contributed by atoms with Gasteiger partial charge in [-0.25, -0.2) is 0 Å². The molecule has 0 bridgehead atoms. The zero-order valence-corrected chi connectivity index (χ0v) is 21.8. The minimum absolute atomic E-state index is 0. The quantitative estimate of drug-likeness (QED) is 0.398. The average molecular weight is 505 g/mol. The lowest BCUT2D eigenvalue weighted by atomic mass is 10.0. The fourth-order valence-corrected chi connectivity index (χ4v) is 4.13. The molecule has 1 aliphatic heterocycles. The molecule has 0 saturated carbocycles. The Balaban J connectivity index is 0.00000432. The second kappa shape index (κ2) is 12.5. The van der Waals surface area contributed by atoms with Gasteiger partial charge in [-0.05, 0) is 74.8 Å². The Morgan fingerprint density at radius 1 is 0.971 bits per heavy atom. The normalized spacial score (nSPS) is 15.7. The number of ether oxygens (including phenoxy) is 4. The van der Waals surface area contributed by atoms with Gasteiger partial charge < -0.3 is 24.3 Å². The van der Waals surface area contributed by atoms with Crippen molar-refractivity contribution in [1.29, 1.82) is 0 Å². The largest absolute Gasteiger partial charge is 0.495 e. The Labute approximate surface area is 212 Å². The van der Waals surface area contributed by atoms with Gasteiger partial charge in [0.2, 0.25) is 11.7 Å². The van der Waals surface area contributed by atoms with E-state index in [1.807, 2.05) is 18.0 Å². The molecule has 0 unspecified atom stereocenters. The van der Waals surface area contributed by atoms with E-state index < -0.39 is 0 Å². The van der Waals surface area contributed by atoms with Crippen LogP contribution in [0.15, 0.2) is 35.9 Å². The molecule has 1 fully saturated rings. The van der Waals surface area contributed by atoms with Crippen molar-refractivity contribution in [3.8, 4) is 23.0 Å². The number of likely N-dealkylation sites (N-methyl/N-ethyl adjacent to an activating group) is 1. The van der Waals surface area contributed by atoms with Crippen molar-refractivity contribution in [2.45, 2.75) is 25.8 Å². The summed E-state index contributed by atoms with van der Waals surface area (Å²) in [7, 11) is 8.03. The van der Waals surface area contributed by atoms with Gasteiger partial charge >= 0.3 is 0 Å². The van der Waals surface area contributed by atoms with Gasteiger partial charge in [-0.3, -0.25) is 14.5 Å². The Morgan fingerprint density at radius 3 is 2.11 bits per heavy atom. The molecule has 1 saturated heterocycles. The van der Waals surface area contributed by atoms with Crippen LogP contribution in [0.4, 0.5) is 5.69 Å². The summed E-state index contributed by atoms with van der Waals surface area (Å²) in [5, 5.41) is 2.98. The SMILES string of the molecule is COc1ccc(/C=C(\C)C(=O)c2cc(OC)c(OC)c(OC)c2)cc1NC(=O)[C@@H]1CCCN1C.Cl. The van der Waals surface area contributed by atoms with E-state index in [1.165, 1.54) is 21.3 Å². The Hall–Kier alpha value is -3.23. The topological polar surface area (TPSA) is 86.3 Å². The molecule has 1 amide bonds. The van der Waals surface area contributed by atoms with Crippen molar-refractivity contribution in [3.63, 3.8) is 0 Å². The van der Waals surface area contributed by atoms with Crippen LogP contribution >= 0.6 is 12.4 Å². The van der Waals surface area contributed by atoms with Crippen LogP contribution in [0.2, 0.25) is 0 Å². The summed E-state index contributed by atoms with van der Waals surface area (Å²) >= 11 is 0. The summed E-state index contributed by atoms with van der Waals surface area (Å²) < 4.78 is 21.5. The van der Waals surface area contributed by atoms with Gasteiger partial charge in [0.15, 0.2) is 17.3 Å². The number of halogens is 1. The van der Waals surface area contributed by atoms with E-state index in [4.69, 9.17) is 18.9 Å². The van der Waals surface area contributed by atoms with E-state index in [-0.39, 0.29) is 30.1 Å². The molecular formula is C26H33ClN2O6. The number of hydrogen-bond acceptors (Lipinski definition) is 7. The minimum Gasteiger partial charge on any atom is -0.495 e. The summed E-state index contributed by atoms with van der Waals surface area (Å²) in [5.41, 5.74) is 2.24. The number of benzene rings is 2. The molecule has 2 aromatic rings. The van der Waals surface area contributed by atoms with E-state index >= 15 is 0 Å². The molecular weight excluding hydrogens is 472 g/mol. The number of hydrogen-bond donors (Lipinski definition) is 1. The van der Waals surface area contributed by atoms with E-state index in [1.54, 1.807) is 44.4 Å². The predicted molar refractivity (Wildman–Crippen MR) is 139 cm³/mol. The van der Waals surface area contributed by atoms with E-state index in [0.29, 0.717) is 39.8 Å². The van der Waals surface area contributed by atoms with Crippen LogP contribution in [0.3, 0.4) is 0 Å². The Morgan fingerprint density at radius 2 is 1.60 bits per heavy atom. The number of likely N-dealkylation sites (tertiary alicyclic amines) is 1. The highest BCUT2D eigenvalue weighted by Gasteiger charge is 2.28. The molecule has 1 atom stereocenters. The summed E-state index contributed by atoms with van der Waals surface area (Å²) in [6, 6.07) is 8.50. The first-order valence-electron chi connectivity index (χ1n) is 11.0. The second-order valence-electron chi connectivity index (χ2n) is 8.16. The van der Waals surface area contributed by atoms with E-state index in [2.05, 4.69) is 5.32 Å². The molecule has 190 valence electrons. The van der Waals surface area contributed by atoms with Crippen LogP contribution < -0.4 is 24.3 Å². The predicted octanol–water partition coefficient (Wildman–Crippen LogP) is 4.46. The Bertz CT molecular complexity index is 1080. The monoisotopic (exact) mass is 504 g/mol. The lowest BCUT2D eigenvalue weighted by Gasteiger charge is -2.19. The van der Waals surface area contributed by atoms with Crippen molar-refractivity contribution in [1.82, 2.24) is 4.90 Å². The highest BCUT2D eigenvalue weighted by molar-refractivity contribution is 6.11. The molecule has 0 aliphatic carbocycles. The van der Waals surface area contributed by atoms with Gasteiger partial charge in [0.05, 0.1) is 40.2 Å². The van der Waals surface area contributed by atoms with Crippen molar-refractivity contribution >= 4 is 35.9 Å². The molecule has 0 aromatic heterocycles. The summed E-state index contributed by atoms with van der Waals surface area (Å²) in [6.07, 6.45) is 3.59. The standard InChI is InChI=1S/C26H32N2O6.ClH/c1-16(24(29)18-14-22(32-4)25(34-6)23(15-18)33-5)12-17-9-10-21(31-3)19(13-17)27-26(30)20-8-7-11-28(20)2;/h9-10,12-15,20H,7-8,11H2,1-6H3,(H,27,30);1H/b16-12+;/t20-;/m0./s1. The molecule has 9 heteroatoms. The maximum atomic E-state index is 13.2. The molecule has 0 radical (unpaired) electrons. The third kappa shape index (κ3) is 6.26. The van der Waals surface area contributed by atoms with Crippen LogP contribution in [-0.4, -0.2) is 64.7 Å². The number of rotatable bonds is 9. The summed E-state index contributed by atoms with van der Waals surface area (Å²) in [4.78, 5) is 28.0. The van der Waals surface area contributed by atoms with Gasteiger partial charge in [0.1, 0.15) is 5.75 Å². The van der Waals surface area contributed by atoms with Gasteiger partial charge in [0.25, 0.3) is 0 Å². The fourth-order valence-electron chi connectivity index (χ4n) is 4.13. The number of anilines is 1. The molecule has 1 N–H and O–H groups in total. The van der Waals surface area contributed by atoms with Crippen LogP contribution in [0.1, 0.15) is 35.7 Å². The van der Waals surface area contributed by atoms with Crippen molar-refractivity contribution in [2.24, 2.45) is 0 Å². The first-order chi connectivity index (χ1) is 16.3. The number of carbonyl (C=O) groups is 2. The maximum Gasteiger partial charge on any atom is 0.241 e. The van der Waals surface area contributed by atoms with E-state index in [0.717, 1.165) is 24.9 Å². The number of allylic oxidation sites excluding steroid dienone is 1. The molecule has 1 heterocycles. The minimum atomic E-state index is -0.187. The highest BCUT2D eigenvalue weighted by Crippen LogP contribution is 2.39. The number of carbonyl (C=O) groups excluding carboxylic acids is 2. The molecule has 3 rings (SSSR count). The molecule has 2 aromatic carbocycles. The molecule has 0 spiro atoms. The third-order valence-electron chi connectivity index (χ3n) is 5.97. The summed E-state index contributed by atoms with van der Waals surface area (Å²) in [5.74, 6) is 1.54. The first-order valence-corrected chi connectivity index (χ1v) is 11.0. The van der Waals surface area contributed by atoms with Gasteiger partial charge in [-0.15, -0.1) is 12.4 Å². The number of ketones is 1. The van der Waals surface area contributed by atoms with Crippen LogP contribution in [0, 0.1) is 0 Å². The first kappa shape index (κ1) is 28.0. The van der Waals surface area contributed by atoms with Crippen LogP contribution in [0.25, 0.3) is 6.08 Å². The fraction of sp³-hybridized carbons (Fsp3) is 0.385. The van der Waals surface area contributed by atoms with Crippen LogP contribution in [0.5, 0.6) is 23.0 Å². The zero-order chi connectivity index (χ0) is 24.8. The molecule has 8 nitrogen and oxygen atoms in total. The number of nitrogens with one attached hydrogen (secondary N) is 1. The number of Topliss-reactive ketones (excluding diaryl/α,β-unsaturated/α-hetero) is 1. The van der Waals surface area contributed by atoms with Gasteiger partial charge in [-0.2, -0.15) is 0 Å². The number of nitrogens with zero attached hydrogens (tertiary/aromatic N) is 1. The zero-order valence-electron chi connectivity index (χ0n) is 21.0. The lowest BCUT2D eigenvalue weighted by Crippen LogP contribution is -2.37. The van der Waals surface area contributed by atoms with Crippen molar-refractivity contribution in [2.75, 3.05) is 47.3 Å². The smallest absolute Gasteiger partial charge is 0.241 e. The third-order valence-corrected chi connectivity index (χ3v) is 5.97. The van der Waals surface area contributed by atoms with Gasteiger partial charge in [-0.1, -0.05) is 6.07 Å². The summed E-state index contributed by atoms with van der Waals surface area (Å²) in [6.45, 7) is 2.64. The molecule has 1 aliphatic rings. The maximum absolute atomic E-state index is 13.2. The average Bonchev–Trinajstić information content (AvgIpc) is 3.28. The van der Waals surface area contributed by atoms with Crippen LogP contribution in [-0.2, 0) is 4.79 Å². The van der Waals surface area contributed by atoms with Crippen molar-refractivity contribution < 1.29 is 28.5 Å². The van der Waals surface area contributed by atoms with Crippen molar-refractivity contribution in [3.05, 3.63) is 47.0 Å². The second-order valence-corrected chi connectivity index (χ2v) is 8.16. The Kier molecular flexibility index (Phi) is 9.98.